The van der Waals surface area contributed by atoms with Crippen molar-refractivity contribution in [2.24, 2.45) is 7.05 Å². The Hall–Kier alpha value is -1.03. The van der Waals surface area contributed by atoms with E-state index in [9.17, 15) is 35.1 Å². The Labute approximate surface area is 125 Å². The van der Waals surface area contributed by atoms with Gasteiger partial charge in [-0.15, -0.1) is 0 Å². The summed E-state index contributed by atoms with van der Waals surface area (Å²) in [5.74, 6) is -25.0. The maximum Gasteiger partial charge on any atom is 0.378 e. The van der Waals surface area contributed by atoms with Crippen molar-refractivity contribution in [2.45, 2.75) is 23.7 Å². The normalized spacial score (nSPS) is 24.9. The maximum absolute atomic E-state index is 13.4. The minimum Gasteiger partial charge on any atom is -0.313 e. The van der Waals surface area contributed by atoms with Crippen molar-refractivity contribution >= 4 is 5.57 Å². The Morgan fingerprint density at radius 3 is 1.95 bits per heavy atom. The van der Waals surface area contributed by atoms with Gasteiger partial charge in [-0.1, -0.05) is 5.57 Å². The molecule has 0 aliphatic heterocycles. The number of hydrogen-bond acceptors (Lipinski definition) is 2. The van der Waals surface area contributed by atoms with Crippen molar-refractivity contribution in [1.29, 1.82) is 0 Å². The van der Waals surface area contributed by atoms with Gasteiger partial charge in [-0.25, -0.2) is 8.78 Å². The van der Waals surface area contributed by atoms with Gasteiger partial charge in [0.15, 0.2) is 0 Å². The Morgan fingerprint density at radius 2 is 1.52 bits per heavy atom. The topological polar surface area (TPSA) is 30.7 Å². The van der Waals surface area contributed by atoms with Gasteiger partial charge in [0.25, 0.3) is 5.92 Å². The molecule has 2 rings (SSSR count). The third-order valence-corrected chi connectivity index (χ3v) is 2.60. The van der Waals surface area contributed by atoms with Gasteiger partial charge in [0.1, 0.15) is 0 Å². The van der Waals surface area contributed by atoms with E-state index in [-0.39, 0.29) is 20.1 Å². The van der Waals surface area contributed by atoms with Crippen LogP contribution in [-0.4, -0.2) is 38.5 Å². The van der Waals surface area contributed by atoms with Crippen molar-refractivity contribution in [3.05, 3.63) is 18.2 Å². The Kier molecular flexibility index (Phi) is 4.06. The summed E-state index contributed by atoms with van der Waals surface area (Å²) in [6, 6.07) is 0. The third kappa shape index (κ3) is 2.19. The first-order valence-electron chi connectivity index (χ1n) is 4.87. The van der Waals surface area contributed by atoms with Gasteiger partial charge >= 0.3 is 17.8 Å². The summed E-state index contributed by atoms with van der Waals surface area (Å²) in [4.78, 5) is 3.07. The summed E-state index contributed by atoms with van der Waals surface area (Å²) in [5.41, 5.74) is -2.17. The molecule has 1 aliphatic rings. The van der Waals surface area contributed by atoms with Crippen LogP contribution in [0.15, 0.2) is 6.33 Å². The number of rotatable bonds is 1. The molecule has 1 radical (unpaired) electrons. The molecule has 0 amide bonds. The zero-order valence-corrected chi connectivity index (χ0v) is 12.2. The molecule has 21 heavy (non-hydrogen) atoms. The molecule has 12 heteroatoms. The molecule has 0 saturated carbocycles. The second kappa shape index (κ2) is 4.73. The first-order valence-corrected chi connectivity index (χ1v) is 4.87. The minimum absolute atomic E-state index is 0. The fourth-order valence-electron chi connectivity index (χ4n) is 1.52. The Morgan fingerprint density at radius 1 is 1.00 bits per heavy atom. The summed E-state index contributed by atoms with van der Waals surface area (Å²) in [7, 11) is 1.14. The van der Waals surface area contributed by atoms with E-state index >= 15 is 0 Å². The van der Waals surface area contributed by atoms with Crippen LogP contribution in [0.4, 0.5) is 35.1 Å². The predicted molar refractivity (Wildman–Crippen MR) is 47.4 cm³/mol. The molecular weight excluding hydrogens is 494 g/mol. The molecule has 0 bridgehead atoms. The molecule has 0 saturated heterocycles. The van der Waals surface area contributed by atoms with Crippen molar-refractivity contribution in [2.75, 3.05) is 0 Å². The van der Waals surface area contributed by atoms with Gasteiger partial charge in [0, 0.05) is 33.0 Å². The first-order chi connectivity index (χ1) is 8.84. The summed E-state index contributed by atoms with van der Waals surface area (Å²) in [5, 5.41) is 3.12. The number of allylic oxidation sites excluding steroid dienone is 2. The number of halogens is 8. The zero-order chi connectivity index (χ0) is 15.6. The van der Waals surface area contributed by atoms with Crippen LogP contribution >= 0.6 is 0 Å². The van der Waals surface area contributed by atoms with E-state index in [1.807, 2.05) is 0 Å². The van der Waals surface area contributed by atoms with Gasteiger partial charge in [0.05, 0.1) is 6.33 Å². The molecule has 0 fully saturated rings. The van der Waals surface area contributed by atoms with Gasteiger partial charge in [-0.3, -0.25) is 9.78 Å². The van der Waals surface area contributed by atoms with E-state index in [1.54, 1.807) is 0 Å². The van der Waals surface area contributed by atoms with Crippen LogP contribution in [0.5, 0.6) is 0 Å². The van der Waals surface area contributed by atoms with Crippen molar-refractivity contribution in [3.63, 3.8) is 0 Å². The largest absolute Gasteiger partial charge is 0.378 e. The summed E-state index contributed by atoms with van der Waals surface area (Å²) >= 11 is 0. The van der Waals surface area contributed by atoms with Crippen LogP contribution in [-0.2, 0) is 27.2 Å². The van der Waals surface area contributed by atoms with E-state index in [0.717, 1.165) is 18.1 Å². The average Bonchev–Trinajstić information content (AvgIpc) is 2.70. The Bertz CT molecular complexity index is 579. The molecule has 0 spiro atoms. The van der Waals surface area contributed by atoms with E-state index in [0.29, 0.717) is 6.08 Å². The van der Waals surface area contributed by atoms with Gasteiger partial charge in [0.2, 0.25) is 0 Å². The van der Waals surface area contributed by atoms with Gasteiger partial charge in [-0.2, -0.15) is 32.4 Å². The number of nitrogens with zero attached hydrogens (tertiary/aromatic N) is 3. The summed E-state index contributed by atoms with van der Waals surface area (Å²) < 4.78 is 106. The van der Waals surface area contributed by atoms with Crippen molar-refractivity contribution in [1.82, 2.24) is 14.8 Å². The standard InChI is InChI=1S/C9H4F8N3.Ir/c1-20-3-18-5(19-20)4-2-6(10,11)8(14,15)9(16,17)7(4,12)13;/h3H,1H3;/q-1;. The molecule has 0 N–H and O–H groups in total. The van der Waals surface area contributed by atoms with E-state index < -0.39 is 35.1 Å². The number of aromatic nitrogens is 3. The fourth-order valence-corrected chi connectivity index (χ4v) is 1.52. The molecule has 1 heterocycles. The molecule has 3 nitrogen and oxygen atoms in total. The average molecular weight is 498 g/mol. The monoisotopic (exact) mass is 499 g/mol. The third-order valence-electron chi connectivity index (χ3n) is 2.60. The predicted octanol–water partition coefficient (Wildman–Crippen LogP) is 2.55. The quantitative estimate of drug-likeness (QED) is 0.441. The molecule has 0 unspecified atom stereocenters. The van der Waals surface area contributed by atoms with Crippen LogP contribution in [0, 0.1) is 6.08 Å². The van der Waals surface area contributed by atoms with Crippen molar-refractivity contribution in [3.8, 4) is 0 Å². The van der Waals surface area contributed by atoms with Crippen LogP contribution < -0.4 is 0 Å². The number of hydrogen-bond donors (Lipinski definition) is 0. The molecule has 1 aromatic heterocycles. The molecule has 0 aromatic carbocycles. The van der Waals surface area contributed by atoms with E-state index in [1.165, 1.54) is 0 Å². The minimum atomic E-state index is -6.32. The fraction of sp³-hybridized carbons (Fsp3) is 0.556. The number of alkyl halides is 8. The van der Waals surface area contributed by atoms with Crippen LogP contribution in [0.3, 0.4) is 0 Å². The summed E-state index contributed by atoms with van der Waals surface area (Å²) in [6.45, 7) is 0. The maximum atomic E-state index is 13.4. The van der Waals surface area contributed by atoms with Gasteiger partial charge in [-0.05, 0) is 0 Å². The number of aryl methyl sites for hydroxylation is 1. The first kappa shape index (κ1) is 18.0. The molecule has 1 aromatic rings. The summed E-state index contributed by atoms with van der Waals surface area (Å²) in [6.07, 6.45) is 1.18. The zero-order valence-electron chi connectivity index (χ0n) is 9.78. The van der Waals surface area contributed by atoms with Crippen molar-refractivity contribution < 1.29 is 55.2 Å². The second-order valence-electron chi connectivity index (χ2n) is 4.04. The smallest absolute Gasteiger partial charge is 0.313 e. The second-order valence-corrected chi connectivity index (χ2v) is 4.04. The van der Waals surface area contributed by atoms with Crippen LogP contribution in [0.1, 0.15) is 5.82 Å². The van der Waals surface area contributed by atoms with Crippen LogP contribution in [0.2, 0.25) is 0 Å². The van der Waals surface area contributed by atoms with E-state index in [4.69, 9.17) is 0 Å². The Balaban J connectivity index is 0.00000220. The van der Waals surface area contributed by atoms with Crippen LogP contribution in [0.25, 0.3) is 5.57 Å². The van der Waals surface area contributed by atoms with Gasteiger partial charge < -0.3 is 4.98 Å². The molecule has 121 valence electrons. The SMILES string of the molecule is Cn1cnc(C2=[C-]C(F)(F)C(F)(F)C(F)(F)C2(F)F)n1.[Ir]. The van der Waals surface area contributed by atoms with E-state index in [2.05, 4.69) is 10.1 Å². The molecular formula is C9H4F8IrN3-. The molecule has 0 atom stereocenters. The molecule has 1 aliphatic carbocycles.